The molecule has 20 heavy (non-hydrogen) atoms. The fourth-order valence-corrected chi connectivity index (χ4v) is 3.12. The summed E-state index contributed by atoms with van der Waals surface area (Å²) >= 11 is 0. The largest absolute Gasteiger partial charge is 0.497 e. The summed E-state index contributed by atoms with van der Waals surface area (Å²) in [6.45, 7) is 2.05. The summed E-state index contributed by atoms with van der Waals surface area (Å²) in [4.78, 5) is 0. The van der Waals surface area contributed by atoms with Gasteiger partial charge in [-0.05, 0) is 67.7 Å². The van der Waals surface area contributed by atoms with Gasteiger partial charge in [0.2, 0.25) is 0 Å². The molecular formula is C17H25NO2. The van der Waals surface area contributed by atoms with Crippen LogP contribution in [0.2, 0.25) is 0 Å². The molecule has 0 saturated heterocycles. The van der Waals surface area contributed by atoms with E-state index in [1.807, 2.05) is 6.07 Å². The molecule has 2 aliphatic carbocycles. The Balaban J connectivity index is 1.54. The van der Waals surface area contributed by atoms with Crippen LogP contribution in [0.15, 0.2) is 18.2 Å². The van der Waals surface area contributed by atoms with Gasteiger partial charge in [-0.3, -0.25) is 0 Å². The van der Waals surface area contributed by atoms with E-state index in [9.17, 15) is 0 Å². The molecule has 2 aliphatic rings. The molecule has 1 aromatic rings. The van der Waals surface area contributed by atoms with Gasteiger partial charge in [0.1, 0.15) is 11.5 Å². The molecule has 0 aromatic heterocycles. The van der Waals surface area contributed by atoms with Crippen molar-refractivity contribution in [1.82, 2.24) is 5.32 Å². The van der Waals surface area contributed by atoms with Gasteiger partial charge >= 0.3 is 0 Å². The Hall–Kier alpha value is -1.22. The molecule has 0 aliphatic heterocycles. The molecule has 3 nitrogen and oxygen atoms in total. The topological polar surface area (TPSA) is 30.5 Å². The molecule has 3 rings (SSSR count). The highest BCUT2D eigenvalue weighted by Crippen LogP contribution is 2.48. The molecule has 1 aromatic carbocycles. The number of hydrogen-bond acceptors (Lipinski definition) is 3. The highest BCUT2D eigenvalue weighted by molar-refractivity contribution is 5.38. The van der Waals surface area contributed by atoms with Gasteiger partial charge < -0.3 is 14.8 Å². The Bertz CT molecular complexity index is 418. The first-order chi connectivity index (χ1) is 9.80. The van der Waals surface area contributed by atoms with Crippen molar-refractivity contribution in [3.63, 3.8) is 0 Å². The van der Waals surface area contributed by atoms with Gasteiger partial charge in [0, 0.05) is 12.6 Å². The summed E-state index contributed by atoms with van der Waals surface area (Å²) in [6, 6.07) is 6.08. The first-order valence-electron chi connectivity index (χ1n) is 7.73. The fourth-order valence-electron chi connectivity index (χ4n) is 3.12. The molecule has 3 heteroatoms. The van der Waals surface area contributed by atoms with Crippen molar-refractivity contribution in [1.29, 1.82) is 0 Å². The number of hydrogen-bond donors (Lipinski definition) is 1. The smallest absolute Gasteiger partial charge is 0.122 e. The summed E-state index contributed by atoms with van der Waals surface area (Å²) in [5.74, 6) is 4.66. The molecule has 0 radical (unpaired) electrons. The van der Waals surface area contributed by atoms with E-state index in [-0.39, 0.29) is 0 Å². The van der Waals surface area contributed by atoms with Crippen LogP contribution in [-0.2, 0) is 6.54 Å². The third kappa shape index (κ3) is 3.45. The number of ether oxygens (including phenoxy) is 2. The Kier molecular flexibility index (Phi) is 4.16. The molecule has 0 unspecified atom stereocenters. The molecule has 0 bridgehead atoms. The second-order valence-corrected chi connectivity index (χ2v) is 6.19. The molecule has 0 heterocycles. The average molecular weight is 275 g/mol. The van der Waals surface area contributed by atoms with E-state index in [4.69, 9.17) is 9.47 Å². The number of methoxy groups -OCH3 is 2. The zero-order valence-electron chi connectivity index (χ0n) is 12.5. The van der Waals surface area contributed by atoms with Gasteiger partial charge in [-0.1, -0.05) is 0 Å². The summed E-state index contributed by atoms with van der Waals surface area (Å²) < 4.78 is 10.6. The maximum Gasteiger partial charge on any atom is 0.122 e. The Morgan fingerprint density at radius 1 is 1.00 bits per heavy atom. The van der Waals surface area contributed by atoms with E-state index in [2.05, 4.69) is 17.4 Å². The summed E-state index contributed by atoms with van der Waals surface area (Å²) in [5, 5.41) is 3.64. The highest BCUT2D eigenvalue weighted by Gasteiger charge is 2.40. The van der Waals surface area contributed by atoms with Crippen LogP contribution in [0.1, 0.15) is 31.2 Å². The van der Waals surface area contributed by atoms with E-state index in [1.165, 1.54) is 31.2 Å². The van der Waals surface area contributed by atoms with Crippen molar-refractivity contribution in [2.24, 2.45) is 17.8 Å². The number of nitrogens with one attached hydrogen (secondary N) is 1. The second kappa shape index (κ2) is 6.04. The van der Waals surface area contributed by atoms with Crippen molar-refractivity contribution in [2.75, 3.05) is 20.8 Å². The van der Waals surface area contributed by atoms with E-state index in [0.29, 0.717) is 0 Å². The lowest BCUT2D eigenvalue weighted by Gasteiger charge is -2.16. The quantitative estimate of drug-likeness (QED) is 0.790. The van der Waals surface area contributed by atoms with Crippen LogP contribution in [0.25, 0.3) is 0 Å². The van der Waals surface area contributed by atoms with Crippen molar-refractivity contribution in [3.8, 4) is 11.5 Å². The minimum atomic E-state index is 0.863. The van der Waals surface area contributed by atoms with E-state index < -0.39 is 0 Å². The van der Waals surface area contributed by atoms with Gasteiger partial charge in [0.25, 0.3) is 0 Å². The summed E-state index contributed by atoms with van der Waals surface area (Å²) in [5.41, 5.74) is 1.23. The molecule has 1 N–H and O–H groups in total. The van der Waals surface area contributed by atoms with Crippen molar-refractivity contribution in [3.05, 3.63) is 23.8 Å². The minimum absolute atomic E-state index is 0.863. The van der Waals surface area contributed by atoms with Gasteiger partial charge in [-0.25, -0.2) is 0 Å². The van der Waals surface area contributed by atoms with Gasteiger partial charge in [0.15, 0.2) is 0 Å². The van der Waals surface area contributed by atoms with E-state index in [0.717, 1.165) is 42.3 Å². The first-order valence-corrected chi connectivity index (χ1v) is 7.73. The van der Waals surface area contributed by atoms with Gasteiger partial charge in [-0.15, -0.1) is 0 Å². The van der Waals surface area contributed by atoms with Crippen molar-refractivity contribution in [2.45, 2.75) is 32.2 Å². The average Bonchev–Trinajstić information content (AvgIpc) is 3.36. The van der Waals surface area contributed by atoms with Crippen molar-refractivity contribution >= 4 is 0 Å². The molecule has 0 atom stereocenters. The fraction of sp³-hybridized carbons (Fsp3) is 0.647. The van der Waals surface area contributed by atoms with Gasteiger partial charge in [0.05, 0.1) is 14.2 Å². The Morgan fingerprint density at radius 2 is 1.55 bits per heavy atom. The normalized spacial score (nSPS) is 18.4. The van der Waals surface area contributed by atoms with Crippen molar-refractivity contribution < 1.29 is 9.47 Å². The first kappa shape index (κ1) is 13.7. The minimum Gasteiger partial charge on any atom is -0.497 e. The molecular weight excluding hydrogens is 250 g/mol. The molecule has 2 fully saturated rings. The Morgan fingerprint density at radius 3 is 2.00 bits per heavy atom. The maximum absolute atomic E-state index is 5.31. The standard InChI is InChI=1S/C17H25NO2/c1-19-15-7-12(8-16(9-15)20-2)10-18-11-17(13-3-4-13)14-5-6-14/h7-9,13-14,17-18H,3-6,10-11H2,1-2H3. The van der Waals surface area contributed by atoms with E-state index >= 15 is 0 Å². The van der Waals surface area contributed by atoms with E-state index in [1.54, 1.807) is 14.2 Å². The summed E-state index contributed by atoms with van der Waals surface area (Å²) in [7, 11) is 3.39. The van der Waals surface area contributed by atoms with Crippen LogP contribution in [-0.4, -0.2) is 20.8 Å². The predicted octanol–water partition coefficient (Wildman–Crippen LogP) is 3.23. The number of benzene rings is 1. The third-order valence-corrected chi connectivity index (χ3v) is 4.58. The summed E-state index contributed by atoms with van der Waals surface area (Å²) in [6.07, 6.45) is 5.82. The lowest BCUT2D eigenvalue weighted by atomic mass is 9.98. The van der Waals surface area contributed by atoms with Crippen LogP contribution in [0, 0.1) is 17.8 Å². The van der Waals surface area contributed by atoms with Gasteiger partial charge in [-0.2, -0.15) is 0 Å². The van der Waals surface area contributed by atoms with Crippen LogP contribution >= 0.6 is 0 Å². The predicted molar refractivity (Wildman–Crippen MR) is 80.2 cm³/mol. The van der Waals surface area contributed by atoms with Crippen LogP contribution in [0.5, 0.6) is 11.5 Å². The monoisotopic (exact) mass is 275 g/mol. The Labute approximate surface area is 121 Å². The van der Waals surface area contributed by atoms with Crippen LogP contribution < -0.4 is 14.8 Å². The molecule has 0 amide bonds. The van der Waals surface area contributed by atoms with Crippen LogP contribution in [0.4, 0.5) is 0 Å². The molecule has 2 saturated carbocycles. The lowest BCUT2D eigenvalue weighted by molar-refractivity contribution is 0.376. The SMILES string of the molecule is COc1cc(CNCC(C2CC2)C2CC2)cc(OC)c1. The molecule has 110 valence electrons. The highest BCUT2D eigenvalue weighted by atomic mass is 16.5. The van der Waals surface area contributed by atoms with Crippen LogP contribution in [0.3, 0.4) is 0 Å². The number of rotatable bonds is 8. The second-order valence-electron chi connectivity index (χ2n) is 6.19. The zero-order chi connectivity index (χ0) is 13.9. The third-order valence-electron chi connectivity index (χ3n) is 4.58. The lowest BCUT2D eigenvalue weighted by Crippen LogP contribution is -2.25. The molecule has 0 spiro atoms. The zero-order valence-corrected chi connectivity index (χ0v) is 12.5. The maximum atomic E-state index is 5.31.